The second-order valence-electron chi connectivity index (χ2n) is 5.99. The van der Waals surface area contributed by atoms with Crippen molar-refractivity contribution in [3.8, 4) is 0 Å². The summed E-state index contributed by atoms with van der Waals surface area (Å²) in [6.45, 7) is 11.4. The van der Waals surface area contributed by atoms with E-state index in [0.29, 0.717) is 12.1 Å². The Labute approximate surface area is 118 Å². The Hall–Kier alpha value is -1.02. The molecule has 19 heavy (non-hydrogen) atoms. The lowest BCUT2D eigenvalue weighted by molar-refractivity contribution is 0.489. The summed E-state index contributed by atoms with van der Waals surface area (Å²) in [6.07, 6.45) is 2.66. The molecule has 1 N–H and O–H groups in total. The Kier molecular flexibility index (Phi) is 4.87. The molecule has 1 heterocycles. The van der Waals surface area contributed by atoms with Crippen molar-refractivity contribution in [2.24, 2.45) is 5.92 Å². The first-order chi connectivity index (χ1) is 9.15. The van der Waals surface area contributed by atoms with Crippen LogP contribution in [-0.4, -0.2) is 19.1 Å². The molecule has 0 spiro atoms. The van der Waals surface area contributed by atoms with Gasteiger partial charge in [0.15, 0.2) is 0 Å². The van der Waals surface area contributed by atoms with Gasteiger partial charge in [-0.3, -0.25) is 0 Å². The van der Waals surface area contributed by atoms with Gasteiger partial charge >= 0.3 is 0 Å². The fourth-order valence-electron chi connectivity index (χ4n) is 3.32. The molecule has 1 saturated heterocycles. The number of anilines is 1. The zero-order valence-corrected chi connectivity index (χ0v) is 12.8. The maximum absolute atomic E-state index is 3.54. The average Bonchev–Trinajstić information content (AvgIpc) is 2.88. The quantitative estimate of drug-likeness (QED) is 0.861. The fourth-order valence-corrected chi connectivity index (χ4v) is 3.32. The molecule has 1 aromatic carbocycles. The normalized spacial score (nSPS) is 21.1. The second-order valence-corrected chi connectivity index (χ2v) is 5.99. The molecule has 0 amide bonds. The molecule has 0 saturated carbocycles. The largest absolute Gasteiger partial charge is 0.368 e. The summed E-state index contributed by atoms with van der Waals surface area (Å²) in [6, 6.07) is 10.0. The van der Waals surface area contributed by atoms with E-state index in [1.165, 1.54) is 30.6 Å². The summed E-state index contributed by atoms with van der Waals surface area (Å²) in [4.78, 5) is 2.63. The Balaban J connectivity index is 2.28. The van der Waals surface area contributed by atoms with E-state index in [0.717, 1.165) is 12.5 Å². The molecular formula is C17H28N2. The van der Waals surface area contributed by atoms with Gasteiger partial charge in [-0.2, -0.15) is 0 Å². The molecule has 2 rings (SSSR count). The zero-order valence-electron chi connectivity index (χ0n) is 12.8. The highest BCUT2D eigenvalue weighted by molar-refractivity contribution is 5.56. The zero-order chi connectivity index (χ0) is 13.8. The lowest BCUT2D eigenvalue weighted by Crippen LogP contribution is -2.34. The molecule has 0 bridgehead atoms. The summed E-state index contributed by atoms with van der Waals surface area (Å²) in [7, 11) is 0. The first-order valence-corrected chi connectivity index (χ1v) is 7.74. The summed E-state index contributed by atoms with van der Waals surface area (Å²) in [5.74, 6) is 0.727. The number of para-hydroxylation sites is 1. The lowest BCUT2D eigenvalue weighted by atomic mass is 9.99. The summed E-state index contributed by atoms with van der Waals surface area (Å²) < 4.78 is 0. The molecule has 1 aromatic rings. The summed E-state index contributed by atoms with van der Waals surface area (Å²) >= 11 is 0. The van der Waals surface area contributed by atoms with Crippen molar-refractivity contribution in [2.45, 2.75) is 52.6 Å². The molecule has 2 nitrogen and oxygen atoms in total. The van der Waals surface area contributed by atoms with E-state index in [1.54, 1.807) is 0 Å². The predicted molar refractivity (Wildman–Crippen MR) is 83.7 cm³/mol. The minimum Gasteiger partial charge on any atom is -0.368 e. The third-order valence-electron chi connectivity index (χ3n) is 4.29. The van der Waals surface area contributed by atoms with Gasteiger partial charge in [-0.1, -0.05) is 39.0 Å². The van der Waals surface area contributed by atoms with Gasteiger partial charge in [0.2, 0.25) is 0 Å². The summed E-state index contributed by atoms with van der Waals surface area (Å²) in [5.41, 5.74) is 2.88. The third kappa shape index (κ3) is 3.11. The maximum atomic E-state index is 3.54. The molecule has 1 fully saturated rings. The standard InChI is InChI=1S/C17H28N2/c1-5-18-14(4)15-9-6-7-10-17(15)19-12-8-11-16(19)13(2)3/h6-7,9-10,13-14,16,18H,5,8,11-12H2,1-4H3. The van der Waals surface area contributed by atoms with Crippen LogP contribution in [0.5, 0.6) is 0 Å². The van der Waals surface area contributed by atoms with Crippen LogP contribution >= 0.6 is 0 Å². The lowest BCUT2D eigenvalue weighted by Gasteiger charge is -2.32. The van der Waals surface area contributed by atoms with Crippen molar-refractivity contribution in [2.75, 3.05) is 18.0 Å². The molecule has 1 aliphatic rings. The molecule has 106 valence electrons. The molecule has 2 heteroatoms. The number of benzene rings is 1. The minimum absolute atomic E-state index is 0.426. The maximum Gasteiger partial charge on any atom is 0.0417 e. The second kappa shape index (κ2) is 6.42. The SMILES string of the molecule is CCNC(C)c1ccccc1N1CCCC1C(C)C. The molecular weight excluding hydrogens is 232 g/mol. The molecule has 2 atom stereocenters. The fraction of sp³-hybridized carbons (Fsp3) is 0.647. The van der Waals surface area contributed by atoms with Crippen molar-refractivity contribution >= 4 is 5.69 Å². The van der Waals surface area contributed by atoms with Crippen LogP contribution in [0.4, 0.5) is 5.69 Å². The third-order valence-corrected chi connectivity index (χ3v) is 4.29. The van der Waals surface area contributed by atoms with Crippen LogP contribution < -0.4 is 10.2 Å². The van der Waals surface area contributed by atoms with E-state index < -0.39 is 0 Å². The smallest absolute Gasteiger partial charge is 0.0417 e. The van der Waals surface area contributed by atoms with Crippen LogP contribution in [0.2, 0.25) is 0 Å². The molecule has 0 aliphatic carbocycles. The van der Waals surface area contributed by atoms with Crippen LogP contribution in [0.3, 0.4) is 0 Å². The van der Waals surface area contributed by atoms with Crippen LogP contribution in [0.15, 0.2) is 24.3 Å². The van der Waals surface area contributed by atoms with Gasteiger partial charge in [0.1, 0.15) is 0 Å². The number of nitrogens with zero attached hydrogens (tertiary/aromatic N) is 1. The monoisotopic (exact) mass is 260 g/mol. The van der Waals surface area contributed by atoms with E-state index in [2.05, 4.69) is 62.2 Å². The number of rotatable bonds is 5. The summed E-state index contributed by atoms with van der Waals surface area (Å²) in [5, 5.41) is 3.54. The van der Waals surface area contributed by atoms with Crippen molar-refractivity contribution in [1.82, 2.24) is 5.32 Å². The van der Waals surface area contributed by atoms with Gasteiger partial charge in [-0.25, -0.2) is 0 Å². The highest BCUT2D eigenvalue weighted by atomic mass is 15.2. The van der Waals surface area contributed by atoms with Crippen molar-refractivity contribution < 1.29 is 0 Å². The van der Waals surface area contributed by atoms with Gasteiger partial charge in [0, 0.05) is 24.3 Å². The van der Waals surface area contributed by atoms with Gasteiger partial charge in [-0.15, -0.1) is 0 Å². The van der Waals surface area contributed by atoms with E-state index in [4.69, 9.17) is 0 Å². The van der Waals surface area contributed by atoms with E-state index in [-0.39, 0.29) is 0 Å². The van der Waals surface area contributed by atoms with Gasteiger partial charge in [-0.05, 0) is 43.9 Å². The average molecular weight is 260 g/mol. The van der Waals surface area contributed by atoms with Gasteiger partial charge in [0.05, 0.1) is 0 Å². The van der Waals surface area contributed by atoms with Crippen LogP contribution in [0, 0.1) is 5.92 Å². The van der Waals surface area contributed by atoms with E-state index in [1.807, 2.05) is 0 Å². The van der Waals surface area contributed by atoms with E-state index >= 15 is 0 Å². The Morgan fingerprint density at radius 1 is 1.26 bits per heavy atom. The van der Waals surface area contributed by atoms with Crippen molar-refractivity contribution in [3.63, 3.8) is 0 Å². The minimum atomic E-state index is 0.426. The van der Waals surface area contributed by atoms with Crippen molar-refractivity contribution in [1.29, 1.82) is 0 Å². The molecule has 0 radical (unpaired) electrons. The molecule has 0 aromatic heterocycles. The Morgan fingerprint density at radius 3 is 2.68 bits per heavy atom. The van der Waals surface area contributed by atoms with Gasteiger partial charge in [0.25, 0.3) is 0 Å². The van der Waals surface area contributed by atoms with Gasteiger partial charge < -0.3 is 10.2 Å². The van der Waals surface area contributed by atoms with E-state index in [9.17, 15) is 0 Å². The van der Waals surface area contributed by atoms with Crippen LogP contribution in [0.1, 0.15) is 52.1 Å². The predicted octanol–water partition coefficient (Wildman–Crippen LogP) is 3.98. The van der Waals surface area contributed by atoms with Crippen LogP contribution in [-0.2, 0) is 0 Å². The van der Waals surface area contributed by atoms with Crippen LogP contribution in [0.25, 0.3) is 0 Å². The Bertz CT molecular complexity index is 400. The Morgan fingerprint density at radius 2 is 2.00 bits per heavy atom. The number of nitrogens with one attached hydrogen (secondary N) is 1. The first kappa shape index (κ1) is 14.4. The first-order valence-electron chi connectivity index (χ1n) is 7.74. The number of hydrogen-bond donors (Lipinski definition) is 1. The molecule has 1 aliphatic heterocycles. The topological polar surface area (TPSA) is 15.3 Å². The highest BCUT2D eigenvalue weighted by Gasteiger charge is 2.29. The van der Waals surface area contributed by atoms with Crippen molar-refractivity contribution in [3.05, 3.63) is 29.8 Å². The number of hydrogen-bond acceptors (Lipinski definition) is 2. The highest BCUT2D eigenvalue weighted by Crippen LogP contribution is 2.34. The molecule has 2 unspecified atom stereocenters.